The van der Waals surface area contributed by atoms with Crippen molar-refractivity contribution >= 4 is 39.3 Å². The zero-order valence-corrected chi connectivity index (χ0v) is 13.5. The molecule has 1 aliphatic carbocycles. The summed E-state index contributed by atoms with van der Waals surface area (Å²) in [7, 11) is 0. The standard InChI is InChI=1S/C14H14BrN3O2S/c15-9-2-1-3-10(6-9)16-11(19)7-21-14-12(8-4-5-8)13(20)17-18-14/h1-3,6,8H,4-5,7H2,(H,16,19)(H2,17,18,20). The number of benzene rings is 1. The van der Waals surface area contributed by atoms with Gasteiger partial charge in [-0.3, -0.25) is 19.8 Å². The van der Waals surface area contributed by atoms with E-state index >= 15 is 0 Å². The molecule has 1 amide bonds. The summed E-state index contributed by atoms with van der Waals surface area (Å²) in [4.78, 5) is 23.6. The Balaban J connectivity index is 1.60. The molecule has 0 radical (unpaired) electrons. The molecule has 7 heteroatoms. The van der Waals surface area contributed by atoms with E-state index < -0.39 is 0 Å². The molecule has 1 saturated carbocycles. The first-order valence-corrected chi connectivity index (χ1v) is 8.40. The number of aromatic nitrogens is 2. The van der Waals surface area contributed by atoms with E-state index in [0.29, 0.717) is 5.92 Å². The maximum absolute atomic E-state index is 12.0. The van der Waals surface area contributed by atoms with Gasteiger partial charge >= 0.3 is 0 Å². The summed E-state index contributed by atoms with van der Waals surface area (Å²) < 4.78 is 0.916. The fourth-order valence-corrected chi connectivity index (χ4v) is 3.39. The van der Waals surface area contributed by atoms with Crippen LogP contribution in [0.4, 0.5) is 5.69 Å². The van der Waals surface area contributed by atoms with E-state index in [4.69, 9.17) is 0 Å². The van der Waals surface area contributed by atoms with Crippen molar-refractivity contribution in [2.45, 2.75) is 23.8 Å². The predicted molar refractivity (Wildman–Crippen MR) is 86.9 cm³/mol. The normalized spacial score (nSPS) is 14.1. The maximum Gasteiger partial charge on any atom is 0.268 e. The van der Waals surface area contributed by atoms with Gasteiger partial charge in [0.2, 0.25) is 5.91 Å². The highest BCUT2D eigenvalue weighted by Crippen LogP contribution is 2.41. The molecule has 0 unspecified atom stereocenters. The van der Waals surface area contributed by atoms with Crippen molar-refractivity contribution < 1.29 is 4.79 Å². The van der Waals surface area contributed by atoms with Crippen LogP contribution in [0.15, 0.2) is 38.6 Å². The Kier molecular flexibility index (Phi) is 4.21. The van der Waals surface area contributed by atoms with Gasteiger partial charge in [0.15, 0.2) is 0 Å². The molecule has 0 spiro atoms. The van der Waals surface area contributed by atoms with Gasteiger partial charge in [-0.15, -0.1) is 0 Å². The van der Waals surface area contributed by atoms with Crippen molar-refractivity contribution in [3.05, 3.63) is 44.7 Å². The number of aromatic amines is 2. The van der Waals surface area contributed by atoms with Crippen molar-refractivity contribution in [1.82, 2.24) is 10.2 Å². The summed E-state index contributed by atoms with van der Waals surface area (Å²) in [5, 5.41) is 9.08. The Bertz CT molecular complexity index is 721. The van der Waals surface area contributed by atoms with Crippen LogP contribution in [-0.4, -0.2) is 21.9 Å². The number of rotatable bonds is 5. The van der Waals surface area contributed by atoms with Crippen LogP contribution in [0.1, 0.15) is 24.3 Å². The highest BCUT2D eigenvalue weighted by atomic mass is 79.9. The molecule has 110 valence electrons. The number of amides is 1. The van der Waals surface area contributed by atoms with Crippen molar-refractivity contribution in [1.29, 1.82) is 0 Å². The predicted octanol–water partition coefficient (Wildman–Crippen LogP) is 3.07. The summed E-state index contributed by atoms with van der Waals surface area (Å²) >= 11 is 4.72. The summed E-state index contributed by atoms with van der Waals surface area (Å²) in [5.74, 6) is 0.526. The van der Waals surface area contributed by atoms with Crippen LogP contribution >= 0.6 is 27.7 Å². The Hall–Kier alpha value is -1.47. The molecule has 21 heavy (non-hydrogen) atoms. The van der Waals surface area contributed by atoms with E-state index in [1.54, 1.807) is 0 Å². The van der Waals surface area contributed by atoms with Crippen LogP contribution in [0.2, 0.25) is 0 Å². The average molecular weight is 368 g/mol. The van der Waals surface area contributed by atoms with Crippen LogP contribution in [-0.2, 0) is 4.79 Å². The van der Waals surface area contributed by atoms with E-state index in [1.807, 2.05) is 24.3 Å². The van der Waals surface area contributed by atoms with Gasteiger partial charge in [0.05, 0.1) is 16.3 Å². The molecular weight excluding hydrogens is 354 g/mol. The molecule has 0 atom stereocenters. The van der Waals surface area contributed by atoms with Crippen molar-refractivity contribution in [2.24, 2.45) is 0 Å². The second-order valence-electron chi connectivity index (χ2n) is 4.94. The molecule has 1 aliphatic rings. The average Bonchev–Trinajstić information content (AvgIpc) is 3.20. The smallest absolute Gasteiger partial charge is 0.268 e. The first-order chi connectivity index (χ1) is 10.1. The Morgan fingerprint density at radius 2 is 2.19 bits per heavy atom. The fraction of sp³-hybridized carbons (Fsp3) is 0.286. The van der Waals surface area contributed by atoms with E-state index in [1.165, 1.54) is 11.8 Å². The summed E-state index contributed by atoms with van der Waals surface area (Å²) in [6.45, 7) is 0. The third-order valence-electron chi connectivity index (χ3n) is 3.22. The number of carbonyl (C=O) groups excluding carboxylic acids is 1. The molecule has 5 nitrogen and oxygen atoms in total. The number of hydrogen-bond acceptors (Lipinski definition) is 3. The van der Waals surface area contributed by atoms with Gasteiger partial charge in [-0.05, 0) is 37.0 Å². The number of hydrogen-bond donors (Lipinski definition) is 3. The lowest BCUT2D eigenvalue weighted by Crippen LogP contribution is -2.14. The number of carbonyl (C=O) groups is 1. The van der Waals surface area contributed by atoms with Crippen LogP contribution < -0.4 is 10.9 Å². The number of halogens is 1. The Labute approximate surface area is 134 Å². The van der Waals surface area contributed by atoms with Gasteiger partial charge < -0.3 is 5.32 Å². The van der Waals surface area contributed by atoms with Crippen molar-refractivity contribution in [3.8, 4) is 0 Å². The molecule has 1 heterocycles. The first-order valence-electron chi connectivity index (χ1n) is 6.62. The van der Waals surface area contributed by atoms with Crippen molar-refractivity contribution in [2.75, 3.05) is 11.1 Å². The molecular formula is C14H14BrN3O2S. The third-order valence-corrected chi connectivity index (χ3v) is 4.73. The zero-order valence-electron chi connectivity index (χ0n) is 11.1. The van der Waals surface area contributed by atoms with Gasteiger partial charge in [-0.2, -0.15) is 0 Å². The maximum atomic E-state index is 12.0. The lowest BCUT2D eigenvalue weighted by atomic mass is 10.2. The van der Waals surface area contributed by atoms with Gasteiger partial charge in [0.1, 0.15) is 0 Å². The first kappa shape index (κ1) is 14.5. The largest absolute Gasteiger partial charge is 0.325 e. The second kappa shape index (κ2) is 6.11. The molecule has 3 N–H and O–H groups in total. The molecule has 1 aromatic heterocycles. The Morgan fingerprint density at radius 3 is 2.90 bits per heavy atom. The quantitative estimate of drug-likeness (QED) is 0.710. The SMILES string of the molecule is O=C(CSc1[nH][nH]c(=O)c1C1CC1)Nc1cccc(Br)c1. The molecule has 0 bridgehead atoms. The molecule has 3 rings (SSSR count). The summed E-state index contributed by atoms with van der Waals surface area (Å²) in [6.07, 6.45) is 2.11. The number of anilines is 1. The summed E-state index contributed by atoms with van der Waals surface area (Å²) in [5.41, 5.74) is 1.49. The highest BCUT2D eigenvalue weighted by Gasteiger charge is 2.30. The lowest BCUT2D eigenvalue weighted by molar-refractivity contribution is -0.113. The topological polar surface area (TPSA) is 77.8 Å². The number of thioether (sulfide) groups is 1. The number of H-pyrrole nitrogens is 2. The second-order valence-corrected chi connectivity index (χ2v) is 6.84. The van der Waals surface area contributed by atoms with Gasteiger partial charge in [0, 0.05) is 10.2 Å². The minimum Gasteiger partial charge on any atom is -0.325 e. The van der Waals surface area contributed by atoms with E-state index in [2.05, 4.69) is 31.4 Å². The highest BCUT2D eigenvalue weighted by molar-refractivity contribution is 9.10. The molecule has 1 fully saturated rings. The van der Waals surface area contributed by atoms with E-state index in [-0.39, 0.29) is 17.2 Å². The molecule has 2 aromatic rings. The van der Waals surface area contributed by atoms with Crippen molar-refractivity contribution in [3.63, 3.8) is 0 Å². The van der Waals surface area contributed by atoms with Gasteiger partial charge in [-0.1, -0.05) is 33.8 Å². The zero-order chi connectivity index (χ0) is 14.8. The van der Waals surface area contributed by atoms with Gasteiger partial charge in [-0.25, -0.2) is 0 Å². The van der Waals surface area contributed by atoms with Crippen LogP contribution in [0.5, 0.6) is 0 Å². The minimum absolute atomic E-state index is 0.0626. The number of nitrogens with one attached hydrogen (secondary N) is 3. The van der Waals surface area contributed by atoms with E-state index in [0.717, 1.165) is 33.6 Å². The lowest BCUT2D eigenvalue weighted by Gasteiger charge is -2.05. The fourth-order valence-electron chi connectivity index (χ4n) is 2.11. The van der Waals surface area contributed by atoms with Crippen LogP contribution in [0.25, 0.3) is 0 Å². The third kappa shape index (κ3) is 3.59. The Morgan fingerprint density at radius 1 is 1.38 bits per heavy atom. The molecule has 1 aromatic carbocycles. The van der Waals surface area contributed by atoms with E-state index in [9.17, 15) is 9.59 Å². The van der Waals surface area contributed by atoms with Gasteiger partial charge in [0.25, 0.3) is 5.56 Å². The minimum atomic E-state index is -0.0955. The molecule has 0 saturated heterocycles. The summed E-state index contributed by atoms with van der Waals surface area (Å²) in [6, 6.07) is 7.44. The monoisotopic (exact) mass is 367 g/mol. The van der Waals surface area contributed by atoms with Crippen LogP contribution in [0, 0.1) is 0 Å². The van der Waals surface area contributed by atoms with Crippen LogP contribution in [0.3, 0.4) is 0 Å². The molecule has 0 aliphatic heterocycles.